The van der Waals surface area contributed by atoms with Gasteiger partial charge in [-0.3, -0.25) is 4.79 Å². The Kier molecular flexibility index (Phi) is 3.93. The van der Waals surface area contributed by atoms with Crippen LogP contribution in [0.1, 0.15) is 21.1 Å². The van der Waals surface area contributed by atoms with Crippen molar-refractivity contribution in [1.29, 1.82) is 0 Å². The maximum absolute atomic E-state index is 12.6. The molecule has 6 nitrogen and oxygen atoms in total. The topological polar surface area (TPSA) is 65.1 Å². The van der Waals surface area contributed by atoms with E-state index in [1.54, 1.807) is 6.20 Å². The van der Waals surface area contributed by atoms with E-state index in [-0.39, 0.29) is 5.91 Å². The molecule has 1 aliphatic heterocycles. The number of carbonyl (C=O) groups excluding carboxylic acids is 1. The van der Waals surface area contributed by atoms with Crippen molar-refractivity contribution in [3.8, 4) is 0 Å². The number of imidazole rings is 1. The lowest BCUT2D eigenvalue weighted by atomic mass is 10.3. The monoisotopic (exact) mass is 341 g/mol. The van der Waals surface area contributed by atoms with Gasteiger partial charge < -0.3 is 14.8 Å². The highest BCUT2D eigenvalue weighted by molar-refractivity contribution is 7.13. The van der Waals surface area contributed by atoms with E-state index in [4.69, 9.17) is 0 Å². The number of aromatic nitrogens is 3. The molecule has 1 saturated heterocycles. The molecule has 0 radical (unpaired) electrons. The minimum absolute atomic E-state index is 0.0899. The number of aromatic amines is 1. The minimum atomic E-state index is 0.0899. The SMILES string of the molecule is Cc1ncc(C(=O)N2CCCN(c3nc4ccccc4[nH]3)CC2)s1. The number of amides is 1. The Morgan fingerprint density at radius 2 is 2.08 bits per heavy atom. The zero-order valence-electron chi connectivity index (χ0n) is 13.5. The first-order valence-electron chi connectivity index (χ1n) is 8.12. The second kappa shape index (κ2) is 6.24. The van der Waals surface area contributed by atoms with Gasteiger partial charge in [0.05, 0.1) is 22.2 Å². The summed E-state index contributed by atoms with van der Waals surface area (Å²) < 4.78 is 0. The zero-order chi connectivity index (χ0) is 16.5. The molecule has 1 aromatic carbocycles. The molecule has 0 aliphatic carbocycles. The molecular weight excluding hydrogens is 322 g/mol. The van der Waals surface area contributed by atoms with Gasteiger partial charge in [0.15, 0.2) is 0 Å². The van der Waals surface area contributed by atoms with Crippen LogP contribution in [0.15, 0.2) is 30.5 Å². The van der Waals surface area contributed by atoms with Crippen molar-refractivity contribution in [1.82, 2.24) is 19.9 Å². The number of H-pyrrole nitrogens is 1. The third-order valence-corrected chi connectivity index (χ3v) is 5.19. The Bertz CT molecular complexity index is 838. The van der Waals surface area contributed by atoms with Crippen LogP contribution in [0.3, 0.4) is 0 Å². The standard InChI is InChI=1S/C17H19N5OS/c1-12-18-11-15(24-12)16(23)21-7-4-8-22(10-9-21)17-19-13-5-2-3-6-14(13)20-17/h2-3,5-6,11H,4,7-10H2,1H3,(H,19,20). The largest absolute Gasteiger partial charge is 0.341 e. The zero-order valence-corrected chi connectivity index (χ0v) is 14.3. The number of aryl methyl sites for hydroxylation is 1. The summed E-state index contributed by atoms with van der Waals surface area (Å²) in [7, 11) is 0. The number of anilines is 1. The fourth-order valence-corrected chi connectivity index (χ4v) is 3.78. The third-order valence-electron chi connectivity index (χ3n) is 4.29. The summed E-state index contributed by atoms with van der Waals surface area (Å²) >= 11 is 1.46. The van der Waals surface area contributed by atoms with Crippen LogP contribution in [0.4, 0.5) is 5.95 Å². The van der Waals surface area contributed by atoms with Gasteiger partial charge in [0.1, 0.15) is 4.88 Å². The maximum Gasteiger partial charge on any atom is 0.265 e. The highest BCUT2D eigenvalue weighted by atomic mass is 32.1. The number of thiazole rings is 1. The normalized spacial score (nSPS) is 15.7. The van der Waals surface area contributed by atoms with Crippen molar-refractivity contribution in [2.75, 3.05) is 31.1 Å². The van der Waals surface area contributed by atoms with E-state index in [1.165, 1.54) is 11.3 Å². The summed E-state index contributed by atoms with van der Waals surface area (Å²) in [4.78, 5) is 29.7. The van der Waals surface area contributed by atoms with Crippen molar-refractivity contribution in [2.24, 2.45) is 0 Å². The van der Waals surface area contributed by atoms with Crippen molar-refractivity contribution in [3.63, 3.8) is 0 Å². The van der Waals surface area contributed by atoms with E-state index >= 15 is 0 Å². The summed E-state index contributed by atoms with van der Waals surface area (Å²) in [6.45, 7) is 5.07. The molecule has 0 bridgehead atoms. The number of fused-ring (bicyclic) bond motifs is 1. The number of carbonyl (C=O) groups is 1. The molecular formula is C17H19N5OS. The third kappa shape index (κ3) is 2.87. The number of benzene rings is 1. The van der Waals surface area contributed by atoms with Gasteiger partial charge in [0.2, 0.25) is 5.95 Å². The number of nitrogens with zero attached hydrogens (tertiary/aromatic N) is 4. The van der Waals surface area contributed by atoms with Crippen molar-refractivity contribution in [2.45, 2.75) is 13.3 Å². The Hall–Kier alpha value is -2.41. The number of hydrogen-bond acceptors (Lipinski definition) is 5. The van der Waals surface area contributed by atoms with Gasteiger partial charge >= 0.3 is 0 Å². The van der Waals surface area contributed by atoms with Gasteiger partial charge in [0, 0.05) is 26.2 Å². The van der Waals surface area contributed by atoms with E-state index < -0.39 is 0 Å². The lowest BCUT2D eigenvalue weighted by molar-refractivity contribution is 0.0771. The fourth-order valence-electron chi connectivity index (χ4n) is 3.04. The Morgan fingerprint density at radius 3 is 2.88 bits per heavy atom. The van der Waals surface area contributed by atoms with E-state index in [0.29, 0.717) is 6.54 Å². The molecule has 0 atom stereocenters. The Labute approximate surface area is 144 Å². The Morgan fingerprint density at radius 1 is 1.21 bits per heavy atom. The summed E-state index contributed by atoms with van der Waals surface area (Å²) in [6.07, 6.45) is 2.62. The molecule has 0 saturated carbocycles. The van der Waals surface area contributed by atoms with Crippen LogP contribution in [-0.2, 0) is 0 Å². The van der Waals surface area contributed by atoms with E-state index in [9.17, 15) is 4.79 Å². The number of hydrogen-bond donors (Lipinski definition) is 1. The van der Waals surface area contributed by atoms with E-state index in [1.807, 2.05) is 36.1 Å². The van der Waals surface area contributed by atoms with Crippen molar-refractivity contribution < 1.29 is 4.79 Å². The molecule has 2 aromatic heterocycles. The molecule has 7 heteroatoms. The summed E-state index contributed by atoms with van der Waals surface area (Å²) in [5.41, 5.74) is 2.02. The van der Waals surface area contributed by atoms with Gasteiger partial charge in [-0.2, -0.15) is 0 Å². The maximum atomic E-state index is 12.6. The first-order valence-corrected chi connectivity index (χ1v) is 8.94. The van der Waals surface area contributed by atoms with Crippen LogP contribution >= 0.6 is 11.3 Å². The molecule has 24 heavy (non-hydrogen) atoms. The van der Waals surface area contributed by atoms with Crippen molar-refractivity contribution in [3.05, 3.63) is 40.3 Å². The second-order valence-electron chi connectivity index (χ2n) is 5.95. The van der Waals surface area contributed by atoms with E-state index in [2.05, 4.69) is 19.9 Å². The van der Waals surface area contributed by atoms with Crippen LogP contribution in [0, 0.1) is 6.92 Å². The van der Waals surface area contributed by atoms with Crippen LogP contribution in [0.5, 0.6) is 0 Å². The lowest BCUT2D eigenvalue weighted by Gasteiger charge is -2.21. The average molecular weight is 341 g/mol. The minimum Gasteiger partial charge on any atom is -0.341 e. The quantitative estimate of drug-likeness (QED) is 0.778. The predicted molar refractivity (Wildman–Crippen MR) is 95.7 cm³/mol. The number of rotatable bonds is 2. The van der Waals surface area contributed by atoms with Gasteiger partial charge in [0.25, 0.3) is 5.91 Å². The van der Waals surface area contributed by atoms with Crippen LogP contribution < -0.4 is 4.90 Å². The van der Waals surface area contributed by atoms with Gasteiger partial charge in [-0.1, -0.05) is 12.1 Å². The molecule has 0 spiro atoms. The van der Waals surface area contributed by atoms with Gasteiger partial charge in [-0.25, -0.2) is 9.97 Å². The molecule has 124 valence electrons. The molecule has 3 aromatic rings. The van der Waals surface area contributed by atoms with Crippen LogP contribution in [-0.4, -0.2) is 51.9 Å². The molecule has 3 heterocycles. The van der Waals surface area contributed by atoms with Gasteiger partial charge in [-0.05, 0) is 25.5 Å². The average Bonchev–Trinajstić information content (AvgIpc) is 3.13. The highest BCUT2D eigenvalue weighted by Gasteiger charge is 2.23. The summed E-state index contributed by atoms with van der Waals surface area (Å²) in [5, 5.41) is 0.928. The van der Waals surface area contributed by atoms with E-state index in [0.717, 1.165) is 52.9 Å². The van der Waals surface area contributed by atoms with Crippen LogP contribution in [0.2, 0.25) is 0 Å². The predicted octanol–water partition coefficient (Wildman–Crippen LogP) is 2.68. The van der Waals surface area contributed by atoms with Gasteiger partial charge in [-0.15, -0.1) is 11.3 Å². The van der Waals surface area contributed by atoms with Crippen molar-refractivity contribution >= 4 is 34.2 Å². The smallest absolute Gasteiger partial charge is 0.265 e. The summed E-state index contributed by atoms with van der Waals surface area (Å²) in [5.74, 6) is 0.978. The molecule has 1 amide bonds. The lowest BCUT2D eigenvalue weighted by Crippen LogP contribution is -2.35. The molecule has 1 N–H and O–H groups in total. The fraction of sp³-hybridized carbons (Fsp3) is 0.353. The first kappa shape index (κ1) is 15.1. The summed E-state index contributed by atoms with van der Waals surface area (Å²) in [6, 6.07) is 8.04. The molecule has 1 aliphatic rings. The first-order chi connectivity index (χ1) is 11.7. The Balaban J connectivity index is 1.48. The molecule has 1 fully saturated rings. The molecule has 0 unspecified atom stereocenters. The second-order valence-corrected chi connectivity index (χ2v) is 7.19. The number of para-hydroxylation sites is 2. The molecule has 4 rings (SSSR count). The number of nitrogens with one attached hydrogen (secondary N) is 1. The van der Waals surface area contributed by atoms with Crippen LogP contribution in [0.25, 0.3) is 11.0 Å². The highest BCUT2D eigenvalue weighted by Crippen LogP contribution is 2.20.